The van der Waals surface area contributed by atoms with Gasteiger partial charge in [-0.25, -0.2) is 4.79 Å². The molecule has 0 unspecified atom stereocenters. The molecular formula is C23H19F3N4O5. The molecule has 3 aromatic rings. The van der Waals surface area contributed by atoms with E-state index in [0.717, 1.165) is 24.3 Å². The van der Waals surface area contributed by atoms with Crippen LogP contribution in [0.15, 0.2) is 72.8 Å². The fraction of sp³-hybridized carbons (Fsp3) is 0.130. The highest BCUT2D eigenvalue weighted by molar-refractivity contribution is 6.00. The van der Waals surface area contributed by atoms with E-state index in [0.29, 0.717) is 5.56 Å². The monoisotopic (exact) mass is 488 g/mol. The third kappa shape index (κ3) is 6.47. The van der Waals surface area contributed by atoms with Crippen molar-refractivity contribution in [3.8, 4) is 5.75 Å². The molecule has 3 N–H and O–H groups in total. The Morgan fingerprint density at radius 3 is 2.31 bits per heavy atom. The van der Waals surface area contributed by atoms with Gasteiger partial charge >= 0.3 is 12.2 Å². The van der Waals surface area contributed by atoms with Gasteiger partial charge < -0.3 is 20.7 Å². The molecule has 0 bridgehead atoms. The number of nitrogens with zero attached hydrogens (tertiary/aromatic N) is 1. The summed E-state index contributed by atoms with van der Waals surface area (Å²) in [5.74, 6) is -0.674. The van der Waals surface area contributed by atoms with Crippen molar-refractivity contribution >= 4 is 29.0 Å². The Bertz CT molecular complexity index is 1240. The van der Waals surface area contributed by atoms with Crippen LogP contribution < -0.4 is 20.7 Å². The maximum absolute atomic E-state index is 13.0. The zero-order valence-electron chi connectivity index (χ0n) is 18.1. The van der Waals surface area contributed by atoms with Crippen LogP contribution in [0.2, 0.25) is 0 Å². The Morgan fingerprint density at radius 2 is 1.69 bits per heavy atom. The summed E-state index contributed by atoms with van der Waals surface area (Å²) in [6.45, 7) is 0. The van der Waals surface area contributed by atoms with E-state index in [9.17, 15) is 32.9 Å². The van der Waals surface area contributed by atoms with Crippen LogP contribution in [-0.2, 0) is 11.0 Å². The normalized spacial score (nSPS) is 11.8. The van der Waals surface area contributed by atoms with Crippen LogP contribution in [0, 0.1) is 10.1 Å². The quantitative estimate of drug-likeness (QED) is 0.315. The highest BCUT2D eigenvalue weighted by Gasteiger charge is 2.31. The van der Waals surface area contributed by atoms with Gasteiger partial charge in [0.2, 0.25) is 0 Å². The van der Waals surface area contributed by atoms with Gasteiger partial charge in [-0.3, -0.25) is 14.9 Å². The summed E-state index contributed by atoms with van der Waals surface area (Å²) < 4.78 is 44.2. The third-order valence-electron chi connectivity index (χ3n) is 4.77. The Morgan fingerprint density at radius 1 is 0.971 bits per heavy atom. The van der Waals surface area contributed by atoms with E-state index in [1.165, 1.54) is 25.3 Å². The molecule has 3 rings (SSSR count). The molecule has 0 aliphatic rings. The first-order chi connectivity index (χ1) is 16.6. The lowest BCUT2D eigenvalue weighted by Crippen LogP contribution is -2.39. The minimum Gasteiger partial charge on any atom is -0.495 e. The number of carbonyl (C=O) groups is 2. The predicted octanol–water partition coefficient (Wildman–Crippen LogP) is 5.12. The van der Waals surface area contributed by atoms with Crippen LogP contribution in [0.3, 0.4) is 0 Å². The van der Waals surface area contributed by atoms with Crippen molar-refractivity contribution < 1.29 is 32.4 Å². The van der Waals surface area contributed by atoms with Gasteiger partial charge in [0.25, 0.3) is 11.6 Å². The van der Waals surface area contributed by atoms with Crippen LogP contribution in [0.25, 0.3) is 0 Å². The number of urea groups is 1. The van der Waals surface area contributed by atoms with Gasteiger partial charge in [-0.15, -0.1) is 0 Å². The molecule has 3 amide bonds. The zero-order chi connectivity index (χ0) is 25.6. The minimum absolute atomic E-state index is 0.0238. The second kappa shape index (κ2) is 10.5. The van der Waals surface area contributed by atoms with E-state index >= 15 is 0 Å². The van der Waals surface area contributed by atoms with Crippen LogP contribution in [0.1, 0.15) is 17.2 Å². The maximum atomic E-state index is 13.0. The van der Waals surface area contributed by atoms with E-state index in [1.54, 1.807) is 30.3 Å². The molecular weight excluding hydrogens is 469 g/mol. The van der Waals surface area contributed by atoms with Gasteiger partial charge in [0.05, 0.1) is 23.3 Å². The molecule has 1 atom stereocenters. The molecule has 0 radical (unpaired) electrons. The van der Waals surface area contributed by atoms with Crippen molar-refractivity contribution in [2.75, 3.05) is 17.7 Å². The van der Waals surface area contributed by atoms with E-state index in [1.807, 2.05) is 0 Å². The van der Waals surface area contributed by atoms with Crippen LogP contribution in [0.5, 0.6) is 5.75 Å². The van der Waals surface area contributed by atoms with Gasteiger partial charge in [-0.2, -0.15) is 13.2 Å². The van der Waals surface area contributed by atoms with Crippen LogP contribution in [-0.4, -0.2) is 24.0 Å². The summed E-state index contributed by atoms with van der Waals surface area (Å²) in [4.78, 5) is 36.1. The molecule has 0 fully saturated rings. The molecule has 182 valence electrons. The number of nitro benzene ring substituents is 1. The van der Waals surface area contributed by atoms with Crippen LogP contribution in [0.4, 0.5) is 35.0 Å². The molecule has 0 spiro atoms. The number of ether oxygens (including phenoxy) is 1. The number of hydrogen-bond acceptors (Lipinski definition) is 5. The number of amides is 3. The second-order valence-electron chi connectivity index (χ2n) is 7.15. The molecule has 0 saturated carbocycles. The summed E-state index contributed by atoms with van der Waals surface area (Å²) in [5, 5.41) is 18.3. The predicted molar refractivity (Wildman–Crippen MR) is 121 cm³/mol. The van der Waals surface area contributed by atoms with E-state index in [-0.39, 0.29) is 22.8 Å². The number of nitro groups is 1. The Labute approximate surface area is 197 Å². The molecule has 0 aliphatic heterocycles. The van der Waals surface area contributed by atoms with E-state index in [2.05, 4.69) is 16.0 Å². The highest BCUT2D eigenvalue weighted by Crippen LogP contribution is 2.31. The zero-order valence-corrected chi connectivity index (χ0v) is 18.1. The lowest BCUT2D eigenvalue weighted by atomic mass is 10.1. The summed E-state index contributed by atoms with van der Waals surface area (Å²) >= 11 is 0. The van der Waals surface area contributed by atoms with Gasteiger partial charge in [-0.1, -0.05) is 36.4 Å². The Hall–Kier alpha value is -4.61. The molecule has 0 saturated heterocycles. The molecule has 12 heteroatoms. The van der Waals surface area contributed by atoms with Crippen molar-refractivity contribution in [1.29, 1.82) is 0 Å². The van der Waals surface area contributed by atoms with Gasteiger partial charge in [0.15, 0.2) is 0 Å². The van der Waals surface area contributed by atoms with E-state index < -0.39 is 34.6 Å². The smallest absolute Gasteiger partial charge is 0.416 e. The number of anilines is 2. The summed E-state index contributed by atoms with van der Waals surface area (Å²) in [5.41, 5.74) is -1.05. The first kappa shape index (κ1) is 25.0. The molecule has 0 heterocycles. The molecule has 3 aromatic carbocycles. The van der Waals surface area contributed by atoms with Crippen molar-refractivity contribution in [2.45, 2.75) is 12.2 Å². The number of rotatable bonds is 7. The lowest BCUT2D eigenvalue weighted by molar-refractivity contribution is -0.384. The average Bonchev–Trinajstić information content (AvgIpc) is 2.82. The first-order valence-electron chi connectivity index (χ1n) is 10.0. The second-order valence-corrected chi connectivity index (χ2v) is 7.15. The summed E-state index contributed by atoms with van der Waals surface area (Å²) in [6, 6.07) is 13.4. The Balaban J connectivity index is 1.84. The highest BCUT2D eigenvalue weighted by atomic mass is 19.4. The Kier molecular flexibility index (Phi) is 7.54. The number of hydrogen-bond donors (Lipinski definition) is 3. The number of alkyl halides is 3. The third-order valence-corrected chi connectivity index (χ3v) is 4.77. The van der Waals surface area contributed by atoms with Crippen molar-refractivity contribution in [1.82, 2.24) is 5.32 Å². The number of nitrogens with one attached hydrogen (secondary N) is 3. The van der Waals surface area contributed by atoms with Crippen LogP contribution >= 0.6 is 0 Å². The SMILES string of the molecule is COc1ccc([N+](=O)[O-])cc1NC(=O)N[C@@H](C(=O)Nc1cccc(C(F)(F)F)c1)c1ccccc1. The minimum atomic E-state index is -4.60. The standard InChI is InChI=1S/C23H19F3N4O5/c1-35-19-11-10-17(30(33)34)13-18(19)28-22(32)29-20(14-6-3-2-4-7-14)21(31)27-16-9-5-8-15(12-16)23(24,25)26/h2-13,20H,1H3,(H,27,31)(H2,28,29,32)/t20-/m1/s1. The summed E-state index contributed by atoms with van der Waals surface area (Å²) in [7, 11) is 1.31. The summed E-state index contributed by atoms with van der Waals surface area (Å²) in [6.07, 6.45) is -4.60. The fourth-order valence-electron chi connectivity index (χ4n) is 3.13. The number of carbonyl (C=O) groups excluding carboxylic acids is 2. The largest absolute Gasteiger partial charge is 0.495 e. The molecule has 9 nitrogen and oxygen atoms in total. The first-order valence-corrected chi connectivity index (χ1v) is 10.0. The van der Waals surface area contributed by atoms with Gasteiger partial charge in [0, 0.05) is 17.8 Å². The lowest BCUT2D eigenvalue weighted by Gasteiger charge is -2.20. The van der Waals surface area contributed by atoms with Gasteiger partial charge in [0.1, 0.15) is 11.8 Å². The van der Waals surface area contributed by atoms with Crippen molar-refractivity contribution in [3.63, 3.8) is 0 Å². The number of methoxy groups -OCH3 is 1. The van der Waals surface area contributed by atoms with Crippen molar-refractivity contribution in [3.05, 3.63) is 94.0 Å². The van der Waals surface area contributed by atoms with Crippen molar-refractivity contribution in [2.24, 2.45) is 0 Å². The van der Waals surface area contributed by atoms with E-state index in [4.69, 9.17) is 4.74 Å². The topological polar surface area (TPSA) is 123 Å². The molecule has 0 aliphatic carbocycles. The fourth-order valence-corrected chi connectivity index (χ4v) is 3.13. The average molecular weight is 488 g/mol. The number of halogens is 3. The maximum Gasteiger partial charge on any atom is 0.416 e. The molecule has 35 heavy (non-hydrogen) atoms. The van der Waals surface area contributed by atoms with Gasteiger partial charge in [-0.05, 0) is 29.8 Å². The number of benzene rings is 3. The number of non-ortho nitro benzene ring substituents is 1. The molecule has 0 aromatic heterocycles.